The fraction of sp³-hybridized carbons (Fsp3) is 0.222. The van der Waals surface area contributed by atoms with E-state index in [1.54, 1.807) is 48.5 Å². The molecule has 0 N–H and O–H groups in total. The number of carbonyl (C=O) groups excluding carboxylic acids is 3. The number of fused-ring (bicyclic) bond motifs is 1. The van der Waals surface area contributed by atoms with Gasteiger partial charge in [-0.2, -0.15) is 0 Å². The van der Waals surface area contributed by atoms with Crippen LogP contribution >= 0.6 is 31.9 Å². The number of hydrogen-bond acceptors (Lipinski definition) is 4. The maximum atomic E-state index is 13.8. The van der Waals surface area contributed by atoms with E-state index >= 15 is 0 Å². The largest absolute Gasteiger partial charge is 0.426 e. The van der Waals surface area contributed by atoms with Crippen LogP contribution in [0.4, 0.5) is 0 Å². The molecule has 3 aromatic rings. The van der Waals surface area contributed by atoms with E-state index in [-0.39, 0.29) is 17.5 Å². The van der Waals surface area contributed by atoms with E-state index in [1.807, 2.05) is 38.1 Å². The van der Waals surface area contributed by atoms with E-state index in [2.05, 4.69) is 31.9 Å². The molecule has 0 saturated carbocycles. The summed E-state index contributed by atoms with van der Waals surface area (Å²) < 4.78 is 7.26. The van der Waals surface area contributed by atoms with Gasteiger partial charge in [0.25, 0.3) is 0 Å². The van der Waals surface area contributed by atoms with Crippen molar-refractivity contribution in [3.8, 4) is 5.75 Å². The Morgan fingerprint density at radius 3 is 2.12 bits per heavy atom. The smallest absolute Gasteiger partial charge is 0.322 e. The molecule has 3 aromatic carbocycles. The van der Waals surface area contributed by atoms with Crippen molar-refractivity contribution in [2.45, 2.75) is 19.8 Å². The van der Waals surface area contributed by atoms with Crippen molar-refractivity contribution in [2.75, 3.05) is 0 Å². The number of esters is 1. The zero-order valence-corrected chi connectivity index (χ0v) is 21.3. The van der Waals surface area contributed by atoms with Crippen molar-refractivity contribution in [1.82, 2.24) is 0 Å². The summed E-state index contributed by atoms with van der Waals surface area (Å²) in [7, 11) is 0. The van der Waals surface area contributed by atoms with Gasteiger partial charge in [-0.15, -0.1) is 0 Å². The first kappa shape index (κ1) is 23.6. The first-order valence-corrected chi connectivity index (χ1v) is 12.3. The minimum Gasteiger partial charge on any atom is -0.426 e. The summed E-state index contributed by atoms with van der Waals surface area (Å²) >= 11 is 6.90. The molecule has 0 bridgehead atoms. The summed E-state index contributed by atoms with van der Waals surface area (Å²) in [4.78, 5) is 40.7. The molecule has 1 aliphatic rings. The average Bonchev–Trinajstić information content (AvgIpc) is 2.80. The minimum atomic E-state index is -1.12. The van der Waals surface area contributed by atoms with E-state index in [1.165, 1.54) is 0 Å². The maximum absolute atomic E-state index is 13.8. The Labute approximate surface area is 209 Å². The Morgan fingerprint density at radius 1 is 0.848 bits per heavy atom. The summed E-state index contributed by atoms with van der Waals surface area (Å²) in [6.45, 7) is 3.89. The quantitative estimate of drug-likeness (QED) is 0.141. The molecule has 1 aliphatic heterocycles. The topological polar surface area (TPSA) is 60.4 Å². The highest BCUT2D eigenvalue weighted by molar-refractivity contribution is 9.10. The lowest BCUT2D eigenvalue weighted by Crippen LogP contribution is -2.43. The first-order chi connectivity index (χ1) is 15.8. The predicted molar refractivity (Wildman–Crippen MR) is 134 cm³/mol. The Hall–Kier alpha value is -2.57. The van der Waals surface area contributed by atoms with Crippen LogP contribution in [0.2, 0.25) is 0 Å². The second-order valence-electron chi connectivity index (χ2n) is 8.48. The zero-order valence-electron chi connectivity index (χ0n) is 18.1. The summed E-state index contributed by atoms with van der Waals surface area (Å²) in [6.07, 6.45) is 0. The molecule has 1 heterocycles. The molecule has 33 heavy (non-hydrogen) atoms. The van der Waals surface area contributed by atoms with Crippen LogP contribution in [-0.4, -0.2) is 17.5 Å². The fourth-order valence-electron chi connectivity index (χ4n) is 4.51. The summed E-state index contributed by atoms with van der Waals surface area (Å²) in [5.41, 5.74) is 1.64. The van der Waals surface area contributed by atoms with Crippen LogP contribution in [0.3, 0.4) is 0 Å². The Morgan fingerprint density at radius 2 is 1.48 bits per heavy atom. The van der Waals surface area contributed by atoms with Crippen molar-refractivity contribution >= 4 is 49.4 Å². The van der Waals surface area contributed by atoms with E-state index < -0.39 is 23.7 Å². The van der Waals surface area contributed by atoms with Crippen molar-refractivity contribution in [2.24, 2.45) is 17.8 Å². The molecule has 0 spiro atoms. The van der Waals surface area contributed by atoms with Gasteiger partial charge < -0.3 is 4.74 Å². The van der Waals surface area contributed by atoms with E-state index in [0.717, 1.165) is 8.95 Å². The molecular weight excluding hydrogens is 548 g/mol. The van der Waals surface area contributed by atoms with Gasteiger partial charge in [-0.1, -0.05) is 88.2 Å². The zero-order chi connectivity index (χ0) is 23.7. The summed E-state index contributed by atoms with van der Waals surface area (Å²) in [6, 6.07) is 21.2. The van der Waals surface area contributed by atoms with Crippen LogP contribution in [0.25, 0.3) is 0 Å². The molecule has 4 rings (SSSR count). The summed E-state index contributed by atoms with van der Waals surface area (Å²) in [5.74, 6) is -3.21. The lowest BCUT2D eigenvalue weighted by Gasteiger charge is -2.37. The number of Topliss-reactive ketones (excluding diaryl/α,β-unsaturated/α-hetero) is 2. The van der Waals surface area contributed by atoms with Gasteiger partial charge in [0.1, 0.15) is 11.7 Å². The van der Waals surface area contributed by atoms with E-state index in [4.69, 9.17) is 4.74 Å². The van der Waals surface area contributed by atoms with Crippen molar-refractivity contribution < 1.29 is 19.1 Å². The molecule has 0 unspecified atom stereocenters. The highest BCUT2D eigenvalue weighted by Crippen LogP contribution is 2.47. The van der Waals surface area contributed by atoms with Gasteiger partial charge in [0.2, 0.25) is 0 Å². The maximum Gasteiger partial charge on any atom is 0.322 e. The fourth-order valence-corrected chi connectivity index (χ4v) is 5.15. The van der Waals surface area contributed by atoms with Crippen molar-refractivity contribution in [3.63, 3.8) is 0 Å². The van der Waals surface area contributed by atoms with Crippen molar-refractivity contribution in [3.05, 3.63) is 98.4 Å². The number of ether oxygens (including phenoxy) is 1. The minimum absolute atomic E-state index is 0.103. The number of benzene rings is 3. The van der Waals surface area contributed by atoms with Gasteiger partial charge >= 0.3 is 5.97 Å². The standard InChI is InChI=1S/C27H22Br2O4/c1-15(2)22(25(30)17-8-10-18(28)11-9-17)23-20-14-19(29)12-13-21(20)33-27(32)24(23)26(31)16-6-4-3-5-7-16/h3-15,22-24H,1-2H3/t22-,23+,24+/m1/s1. The molecule has 168 valence electrons. The van der Waals surface area contributed by atoms with Gasteiger partial charge in [0.15, 0.2) is 11.6 Å². The van der Waals surface area contributed by atoms with Gasteiger partial charge in [0.05, 0.1) is 0 Å². The molecular formula is C27H22Br2O4. The molecule has 0 saturated heterocycles. The Balaban J connectivity index is 1.89. The first-order valence-electron chi connectivity index (χ1n) is 10.7. The van der Waals surface area contributed by atoms with Gasteiger partial charge in [-0.05, 0) is 36.2 Å². The Bertz CT molecular complexity index is 1200. The van der Waals surface area contributed by atoms with Crippen LogP contribution in [0.5, 0.6) is 5.75 Å². The monoisotopic (exact) mass is 568 g/mol. The number of hydrogen-bond donors (Lipinski definition) is 0. The third kappa shape index (κ3) is 4.73. The average molecular weight is 570 g/mol. The summed E-state index contributed by atoms with van der Waals surface area (Å²) in [5, 5.41) is 0. The molecule has 6 heteroatoms. The van der Waals surface area contributed by atoms with Gasteiger partial charge in [-0.3, -0.25) is 14.4 Å². The van der Waals surface area contributed by atoms with Crippen LogP contribution in [0, 0.1) is 17.8 Å². The second-order valence-corrected chi connectivity index (χ2v) is 10.3. The van der Waals surface area contributed by atoms with Crippen LogP contribution in [0.1, 0.15) is 46.0 Å². The number of carbonyl (C=O) groups is 3. The highest BCUT2D eigenvalue weighted by Gasteiger charge is 2.49. The SMILES string of the molecule is CC(C)[C@@H](C(=O)c1ccc(Br)cc1)[C@@H]1c2cc(Br)ccc2OC(=O)[C@@H]1C(=O)c1ccccc1. The number of rotatable bonds is 6. The van der Waals surface area contributed by atoms with E-state index in [0.29, 0.717) is 22.4 Å². The lowest BCUT2D eigenvalue weighted by molar-refractivity contribution is -0.139. The predicted octanol–water partition coefficient (Wildman–Crippen LogP) is 6.87. The molecule has 4 nitrogen and oxygen atoms in total. The molecule has 0 aromatic heterocycles. The third-order valence-corrected chi connectivity index (χ3v) is 7.05. The number of halogens is 2. The Kier molecular flexibility index (Phi) is 6.96. The highest BCUT2D eigenvalue weighted by atomic mass is 79.9. The van der Waals surface area contributed by atoms with Crippen molar-refractivity contribution in [1.29, 1.82) is 0 Å². The molecule has 0 amide bonds. The molecule has 0 fully saturated rings. The lowest BCUT2D eigenvalue weighted by atomic mass is 9.66. The third-order valence-electron chi connectivity index (χ3n) is 6.03. The van der Waals surface area contributed by atoms with E-state index in [9.17, 15) is 14.4 Å². The van der Waals surface area contributed by atoms with Crippen LogP contribution in [-0.2, 0) is 4.79 Å². The van der Waals surface area contributed by atoms with Crippen LogP contribution < -0.4 is 4.74 Å². The van der Waals surface area contributed by atoms with Gasteiger partial charge in [0, 0.05) is 37.5 Å². The van der Waals surface area contributed by atoms with Crippen LogP contribution in [0.15, 0.2) is 81.7 Å². The van der Waals surface area contributed by atoms with Gasteiger partial charge in [-0.25, -0.2) is 0 Å². The molecule has 0 radical (unpaired) electrons. The molecule has 0 aliphatic carbocycles. The number of ketones is 2. The molecule has 3 atom stereocenters. The normalized spacial score (nSPS) is 18.4. The second kappa shape index (κ2) is 9.74.